The molecule has 1 heterocycles. The molecule has 1 aliphatic heterocycles. The third kappa shape index (κ3) is 8.08. The highest BCUT2D eigenvalue weighted by molar-refractivity contribution is 6.04. The van der Waals surface area contributed by atoms with Crippen molar-refractivity contribution in [3.05, 3.63) is 89.5 Å². The van der Waals surface area contributed by atoms with Gasteiger partial charge in [0.1, 0.15) is 11.5 Å². The minimum Gasteiger partial charge on any atom is -0.508 e. The van der Waals surface area contributed by atoms with Crippen LogP contribution in [0.15, 0.2) is 72.8 Å². The third-order valence-electron chi connectivity index (χ3n) is 7.09. The number of phenolic OH excluding ortho intramolecular Hbond substituents is 1. The normalized spacial score (nSPS) is 15.6. The van der Waals surface area contributed by atoms with Gasteiger partial charge in [-0.25, -0.2) is 0 Å². The maximum absolute atomic E-state index is 12.9. The molecule has 1 unspecified atom stereocenters. The molecular weight excluding hydrogens is 478 g/mol. The summed E-state index contributed by atoms with van der Waals surface area (Å²) in [5, 5.41) is 15.2. The average Bonchev–Trinajstić information content (AvgIpc) is 2.93. The minimum atomic E-state index is -0.221. The quantitative estimate of drug-likeness (QED) is 0.341. The molecule has 0 aliphatic carbocycles. The lowest BCUT2D eigenvalue weighted by molar-refractivity contribution is -0.123. The van der Waals surface area contributed by atoms with Crippen LogP contribution in [0.4, 0.5) is 5.69 Å². The molecule has 4 rings (SSSR count). The lowest BCUT2D eigenvalue weighted by Gasteiger charge is -2.32. The smallest absolute Gasteiger partial charge is 0.257 e. The van der Waals surface area contributed by atoms with Crippen LogP contribution < -0.4 is 15.4 Å². The number of amides is 2. The van der Waals surface area contributed by atoms with Gasteiger partial charge in [-0.2, -0.15) is 0 Å². The van der Waals surface area contributed by atoms with Crippen LogP contribution in [0, 0.1) is 0 Å². The number of hydrogen-bond donors (Lipinski definition) is 3. The molecule has 3 aromatic carbocycles. The van der Waals surface area contributed by atoms with Gasteiger partial charge in [0, 0.05) is 23.8 Å². The number of anilines is 1. The van der Waals surface area contributed by atoms with Crippen molar-refractivity contribution >= 4 is 17.5 Å². The third-order valence-corrected chi connectivity index (χ3v) is 7.09. The van der Waals surface area contributed by atoms with Gasteiger partial charge < -0.3 is 25.4 Å². The van der Waals surface area contributed by atoms with E-state index in [1.807, 2.05) is 30.3 Å². The fourth-order valence-corrected chi connectivity index (χ4v) is 4.80. The van der Waals surface area contributed by atoms with Crippen LogP contribution in [0.5, 0.6) is 11.5 Å². The van der Waals surface area contributed by atoms with Crippen molar-refractivity contribution in [1.29, 1.82) is 0 Å². The van der Waals surface area contributed by atoms with Crippen LogP contribution >= 0.6 is 0 Å². The molecule has 1 fully saturated rings. The Labute approximate surface area is 224 Å². The number of para-hydroxylation sites is 1. The molecule has 0 radical (unpaired) electrons. The Bertz CT molecular complexity index is 1190. The first-order valence-corrected chi connectivity index (χ1v) is 13.3. The predicted octanol–water partition coefficient (Wildman–Crippen LogP) is 4.80. The molecule has 7 nitrogen and oxygen atoms in total. The van der Waals surface area contributed by atoms with Crippen LogP contribution in [0.3, 0.4) is 0 Å². The number of likely N-dealkylation sites (tertiary alicyclic amines) is 1. The Morgan fingerprint density at radius 3 is 2.50 bits per heavy atom. The number of phenols is 1. The maximum atomic E-state index is 12.9. The number of aryl methyl sites for hydroxylation is 1. The van der Waals surface area contributed by atoms with E-state index in [0.717, 1.165) is 36.2 Å². The molecule has 1 saturated heterocycles. The lowest BCUT2D eigenvalue weighted by atomic mass is 9.96. The zero-order valence-corrected chi connectivity index (χ0v) is 22.0. The minimum absolute atomic E-state index is 0.106. The first kappa shape index (κ1) is 27.2. The number of rotatable bonds is 11. The van der Waals surface area contributed by atoms with Gasteiger partial charge in [0.2, 0.25) is 0 Å². The summed E-state index contributed by atoms with van der Waals surface area (Å²) >= 11 is 0. The number of nitrogens with zero attached hydrogens (tertiary/aromatic N) is 1. The van der Waals surface area contributed by atoms with Crippen LogP contribution in [0.25, 0.3) is 0 Å². The molecule has 1 aliphatic rings. The lowest BCUT2D eigenvalue weighted by Crippen LogP contribution is -2.36. The number of hydrogen-bond acceptors (Lipinski definition) is 5. The van der Waals surface area contributed by atoms with Crippen LogP contribution in [-0.2, 0) is 17.6 Å². The summed E-state index contributed by atoms with van der Waals surface area (Å²) in [6.45, 7) is 1.53. The summed E-state index contributed by atoms with van der Waals surface area (Å²) in [7, 11) is 2.21. The first-order valence-electron chi connectivity index (χ1n) is 13.3. The summed E-state index contributed by atoms with van der Waals surface area (Å²) < 4.78 is 5.58. The SMILES string of the molecule is CN1CCCCC1CCc1ccccc1NC(=O)c1ccc(OCC(=O)NCCc2ccc(O)cc2)cc1. The van der Waals surface area contributed by atoms with Gasteiger partial charge in [0.05, 0.1) is 0 Å². The number of nitrogens with one attached hydrogen (secondary N) is 2. The molecule has 3 N–H and O–H groups in total. The van der Waals surface area contributed by atoms with Crippen LogP contribution in [-0.4, -0.2) is 54.6 Å². The summed E-state index contributed by atoms with van der Waals surface area (Å²) in [6, 6.07) is 22.3. The molecule has 0 saturated carbocycles. The monoisotopic (exact) mass is 515 g/mol. The van der Waals surface area contributed by atoms with Gasteiger partial charge in [-0.05, 0) is 99.3 Å². The zero-order valence-electron chi connectivity index (χ0n) is 22.0. The van der Waals surface area contributed by atoms with Crippen molar-refractivity contribution in [3.63, 3.8) is 0 Å². The maximum Gasteiger partial charge on any atom is 0.257 e. The van der Waals surface area contributed by atoms with Crippen LogP contribution in [0.2, 0.25) is 0 Å². The van der Waals surface area contributed by atoms with Gasteiger partial charge >= 0.3 is 0 Å². The molecule has 0 spiro atoms. The highest BCUT2D eigenvalue weighted by atomic mass is 16.5. The number of benzene rings is 3. The molecule has 7 heteroatoms. The zero-order chi connectivity index (χ0) is 26.7. The summed E-state index contributed by atoms with van der Waals surface area (Å²) in [5.74, 6) is 0.345. The van der Waals surface area contributed by atoms with Gasteiger partial charge in [-0.1, -0.05) is 36.8 Å². The highest BCUT2D eigenvalue weighted by Crippen LogP contribution is 2.23. The highest BCUT2D eigenvalue weighted by Gasteiger charge is 2.19. The van der Waals surface area contributed by atoms with E-state index in [4.69, 9.17) is 4.74 Å². The van der Waals surface area contributed by atoms with E-state index in [0.29, 0.717) is 30.3 Å². The number of carbonyl (C=O) groups excluding carboxylic acids is 2. The number of ether oxygens (including phenoxy) is 1. The second-order valence-electron chi connectivity index (χ2n) is 9.86. The molecule has 200 valence electrons. The number of carbonyl (C=O) groups is 2. The predicted molar refractivity (Wildman–Crippen MR) is 150 cm³/mol. The number of aromatic hydroxyl groups is 1. The summed E-state index contributed by atoms with van der Waals surface area (Å²) in [4.78, 5) is 27.5. The molecular formula is C31H37N3O4. The van der Waals surface area contributed by atoms with Crippen molar-refractivity contribution in [3.8, 4) is 11.5 Å². The largest absolute Gasteiger partial charge is 0.508 e. The van der Waals surface area contributed by atoms with Crippen molar-refractivity contribution in [2.75, 3.05) is 32.1 Å². The summed E-state index contributed by atoms with van der Waals surface area (Å²) in [5.41, 5.74) is 3.55. The van der Waals surface area contributed by atoms with E-state index in [2.05, 4.69) is 28.6 Å². The molecule has 0 bridgehead atoms. The Kier molecular flexibility index (Phi) is 9.76. The molecule has 1 atom stereocenters. The van der Waals surface area contributed by atoms with E-state index in [9.17, 15) is 14.7 Å². The molecule has 38 heavy (non-hydrogen) atoms. The van der Waals surface area contributed by atoms with Crippen molar-refractivity contribution in [2.45, 2.75) is 44.6 Å². The Morgan fingerprint density at radius 1 is 0.974 bits per heavy atom. The Morgan fingerprint density at radius 2 is 1.74 bits per heavy atom. The Hall–Kier alpha value is -3.84. The van der Waals surface area contributed by atoms with Crippen molar-refractivity contribution in [2.24, 2.45) is 0 Å². The van der Waals surface area contributed by atoms with Gasteiger partial charge in [0.25, 0.3) is 11.8 Å². The summed E-state index contributed by atoms with van der Waals surface area (Å²) in [6.07, 6.45) is 6.48. The second-order valence-corrected chi connectivity index (χ2v) is 9.86. The van der Waals surface area contributed by atoms with E-state index in [-0.39, 0.29) is 24.2 Å². The first-order chi connectivity index (χ1) is 18.5. The fraction of sp³-hybridized carbons (Fsp3) is 0.355. The van der Waals surface area contributed by atoms with Crippen molar-refractivity contribution in [1.82, 2.24) is 10.2 Å². The topological polar surface area (TPSA) is 90.9 Å². The van der Waals surface area contributed by atoms with Crippen LogP contribution in [0.1, 0.15) is 47.2 Å². The van der Waals surface area contributed by atoms with Gasteiger partial charge in [-0.15, -0.1) is 0 Å². The van der Waals surface area contributed by atoms with E-state index < -0.39 is 0 Å². The van der Waals surface area contributed by atoms with Gasteiger partial charge in [0.15, 0.2) is 6.61 Å². The van der Waals surface area contributed by atoms with E-state index in [1.165, 1.54) is 19.3 Å². The van der Waals surface area contributed by atoms with E-state index in [1.54, 1.807) is 36.4 Å². The van der Waals surface area contributed by atoms with E-state index >= 15 is 0 Å². The molecule has 2 amide bonds. The van der Waals surface area contributed by atoms with Gasteiger partial charge in [-0.3, -0.25) is 9.59 Å². The second kappa shape index (κ2) is 13.6. The number of piperidine rings is 1. The average molecular weight is 516 g/mol. The standard InChI is InChI=1S/C31H37N3O4/c1-34-21-5-4-7-26(34)14-11-24-6-2-3-8-29(24)33-31(37)25-12-17-28(18-13-25)38-22-30(36)32-20-19-23-9-15-27(35)16-10-23/h2-3,6,8-10,12-13,15-18,26,35H,4-5,7,11,14,19-22H2,1H3,(H,32,36)(H,33,37). The van der Waals surface area contributed by atoms with Crippen molar-refractivity contribution < 1.29 is 19.4 Å². The molecule has 3 aromatic rings. The fourth-order valence-electron chi connectivity index (χ4n) is 4.80. The Balaban J connectivity index is 1.22. The molecule has 0 aromatic heterocycles.